The number of nitrogens with zero attached hydrogens (tertiary/aromatic N) is 1. The highest BCUT2D eigenvalue weighted by Crippen LogP contribution is 2.67. The van der Waals surface area contributed by atoms with E-state index in [4.69, 9.17) is 6.42 Å². The lowest BCUT2D eigenvalue weighted by Crippen LogP contribution is -2.46. The highest BCUT2D eigenvalue weighted by molar-refractivity contribution is 6.07. The Morgan fingerprint density at radius 1 is 1.03 bits per heavy atom. The van der Waals surface area contributed by atoms with E-state index < -0.39 is 5.92 Å². The quantitative estimate of drug-likeness (QED) is 0.468. The molecule has 8 unspecified atom stereocenters. The van der Waals surface area contributed by atoms with Gasteiger partial charge in [-0.15, -0.1) is 12.3 Å². The van der Waals surface area contributed by atoms with Gasteiger partial charge in [0.15, 0.2) is 5.78 Å². The summed E-state index contributed by atoms with van der Waals surface area (Å²) in [5.74, 6) is 5.54. The van der Waals surface area contributed by atoms with Gasteiger partial charge in [-0.25, -0.2) is 0 Å². The maximum absolute atomic E-state index is 14.1. The fraction of sp³-hybridized carbons (Fsp3) is 0.655. The molecule has 0 N–H and O–H groups in total. The van der Waals surface area contributed by atoms with Crippen LogP contribution in [0.5, 0.6) is 0 Å². The lowest BCUT2D eigenvalue weighted by atomic mass is 9.62. The Morgan fingerprint density at radius 2 is 1.69 bits per heavy atom. The Balaban J connectivity index is 1.57. The standard InChI is InChI=1S/C29H37NO2/c1-4-5-17-30(18(2)3)29(32)27-26-22-16-10-14-19-13-9-15-21(23(19)22)25(26)24(28(27)31)20-11-7-6-8-12-20/h1,6-8,11-12,18-19,21-27H,5,9-10,13-17H2,2-3H3. The van der Waals surface area contributed by atoms with Gasteiger partial charge in [0, 0.05) is 24.9 Å². The lowest BCUT2D eigenvalue weighted by molar-refractivity contribution is -0.144. The fourth-order valence-electron chi connectivity index (χ4n) is 8.46. The molecule has 170 valence electrons. The minimum atomic E-state index is -0.486. The van der Waals surface area contributed by atoms with Crippen LogP contribution in [-0.2, 0) is 9.59 Å². The molecule has 4 saturated carbocycles. The molecule has 8 atom stereocenters. The third kappa shape index (κ3) is 3.33. The number of ketones is 1. The van der Waals surface area contributed by atoms with Crippen LogP contribution in [0.1, 0.15) is 70.3 Å². The second-order valence-electron chi connectivity index (χ2n) is 11.0. The molecular weight excluding hydrogens is 394 g/mol. The summed E-state index contributed by atoms with van der Waals surface area (Å²) in [6.45, 7) is 4.64. The molecule has 5 rings (SSSR count). The zero-order valence-corrected chi connectivity index (χ0v) is 19.6. The molecule has 4 aliphatic carbocycles. The zero-order valence-electron chi connectivity index (χ0n) is 19.6. The second kappa shape index (κ2) is 8.69. The average molecular weight is 432 g/mol. The third-order valence-electron chi connectivity index (χ3n) is 9.40. The van der Waals surface area contributed by atoms with Crippen LogP contribution >= 0.6 is 0 Å². The van der Waals surface area contributed by atoms with Crippen molar-refractivity contribution in [2.24, 2.45) is 41.4 Å². The van der Waals surface area contributed by atoms with Crippen LogP contribution in [0.2, 0.25) is 0 Å². The number of hydrogen-bond acceptors (Lipinski definition) is 2. The van der Waals surface area contributed by atoms with Crippen molar-refractivity contribution in [2.45, 2.75) is 70.8 Å². The van der Waals surface area contributed by atoms with E-state index in [1.54, 1.807) is 0 Å². The summed E-state index contributed by atoms with van der Waals surface area (Å²) in [5.41, 5.74) is 1.13. The highest BCUT2D eigenvalue weighted by Gasteiger charge is 2.66. The van der Waals surface area contributed by atoms with Crippen molar-refractivity contribution in [1.82, 2.24) is 4.90 Å². The molecular formula is C29H37NO2. The lowest BCUT2D eigenvalue weighted by Gasteiger charge is -2.43. The summed E-state index contributed by atoms with van der Waals surface area (Å²) in [5, 5.41) is 0. The van der Waals surface area contributed by atoms with Gasteiger partial charge in [0.2, 0.25) is 5.91 Å². The number of Topliss-reactive ketones (excluding diaryl/α,β-unsaturated/α-hetero) is 1. The van der Waals surface area contributed by atoms with Crippen molar-refractivity contribution in [1.29, 1.82) is 0 Å². The smallest absolute Gasteiger partial charge is 0.233 e. The SMILES string of the molecule is C#CCCN(C(=O)C1C(=O)C(c2ccccc2)C2C3CCCC4CCCC(C43)C12)C(C)C. The van der Waals surface area contributed by atoms with Crippen LogP contribution in [0.4, 0.5) is 0 Å². The Morgan fingerprint density at radius 3 is 2.31 bits per heavy atom. The van der Waals surface area contributed by atoms with E-state index >= 15 is 0 Å². The normalized spacial score (nSPS) is 37.6. The number of rotatable bonds is 5. The second-order valence-corrected chi connectivity index (χ2v) is 11.0. The van der Waals surface area contributed by atoms with Gasteiger partial charge >= 0.3 is 0 Å². The number of hydrogen-bond donors (Lipinski definition) is 0. The number of terminal acetylenes is 1. The molecule has 4 fully saturated rings. The number of carbonyl (C=O) groups is 2. The summed E-state index contributed by atoms with van der Waals surface area (Å²) in [6.07, 6.45) is 13.8. The first-order chi connectivity index (χ1) is 15.5. The van der Waals surface area contributed by atoms with Gasteiger partial charge < -0.3 is 4.90 Å². The molecule has 1 aromatic rings. The van der Waals surface area contributed by atoms with Crippen molar-refractivity contribution in [3.63, 3.8) is 0 Å². The first-order valence-corrected chi connectivity index (χ1v) is 12.9. The summed E-state index contributed by atoms with van der Waals surface area (Å²) in [4.78, 5) is 30.0. The molecule has 4 aliphatic rings. The molecule has 0 saturated heterocycles. The molecule has 0 radical (unpaired) electrons. The minimum absolute atomic E-state index is 0.0504. The Hall–Kier alpha value is -2.08. The van der Waals surface area contributed by atoms with Crippen LogP contribution in [0.3, 0.4) is 0 Å². The summed E-state index contributed by atoms with van der Waals surface area (Å²) in [7, 11) is 0. The van der Waals surface area contributed by atoms with E-state index in [9.17, 15) is 9.59 Å². The molecule has 0 aliphatic heterocycles. The number of fused-ring (bicyclic) bond motifs is 3. The topological polar surface area (TPSA) is 37.4 Å². The van der Waals surface area contributed by atoms with Crippen LogP contribution in [0.25, 0.3) is 0 Å². The molecule has 32 heavy (non-hydrogen) atoms. The van der Waals surface area contributed by atoms with Crippen LogP contribution in [-0.4, -0.2) is 29.2 Å². The first-order valence-electron chi connectivity index (χ1n) is 12.9. The highest BCUT2D eigenvalue weighted by atomic mass is 16.2. The van der Waals surface area contributed by atoms with Crippen molar-refractivity contribution >= 4 is 11.7 Å². The average Bonchev–Trinajstić information content (AvgIpc) is 3.27. The van der Waals surface area contributed by atoms with E-state index in [1.807, 2.05) is 36.9 Å². The van der Waals surface area contributed by atoms with E-state index in [2.05, 4.69) is 18.1 Å². The predicted molar refractivity (Wildman–Crippen MR) is 127 cm³/mol. The third-order valence-corrected chi connectivity index (χ3v) is 9.40. The van der Waals surface area contributed by atoms with Crippen LogP contribution < -0.4 is 0 Å². The van der Waals surface area contributed by atoms with Gasteiger partial charge in [-0.2, -0.15) is 0 Å². The molecule has 0 aromatic heterocycles. The molecule has 1 amide bonds. The van der Waals surface area contributed by atoms with E-state index in [0.717, 1.165) is 17.4 Å². The van der Waals surface area contributed by atoms with Crippen LogP contribution in [0.15, 0.2) is 30.3 Å². The number of benzene rings is 1. The molecule has 0 spiro atoms. The Labute approximate surface area is 193 Å². The Bertz CT molecular complexity index is 897. The molecule has 0 bridgehead atoms. The fourth-order valence-corrected chi connectivity index (χ4v) is 8.46. The monoisotopic (exact) mass is 431 g/mol. The predicted octanol–water partition coefficient (Wildman–Crippen LogP) is 5.31. The van der Waals surface area contributed by atoms with Gasteiger partial charge in [0.25, 0.3) is 0 Å². The van der Waals surface area contributed by atoms with Crippen LogP contribution in [0, 0.1) is 53.8 Å². The van der Waals surface area contributed by atoms with Gasteiger partial charge in [0.05, 0.1) is 0 Å². The maximum Gasteiger partial charge on any atom is 0.233 e. The number of amides is 1. The summed E-state index contributed by atoms with van der Waals surface area (Å²) < 4.78 is 0. The van der Waals surface area contributed by atoms with Gasteiger partial charge in [-0.05, 0) is 67.8 Å². The molecule has 0 heterocycles. The van der Waals surface area contributed by atoms with Crippen molar-refractivity contribution in [2.75, 3.05) is 6.54 Å². The molecule has 3 nitrogen and oxygen atoms in total. The van der Waals surface area contributed by atoms with Gasteiger partial charge in [0.1, 0.15) is 5.92 Å². The van der Waals surface area contributed by atoms with Gasteiger partial charge in [-0.1, -0.05) is 56.0 Å². The summed E-state index contributed by atoms with van der Waals surface area (Å²) in [6, 6.07) is 10.4. The summed E-state index contributed by atoms with van der Waals surface area (Å²) >= 11 is 0. The number of carbonyl (C=O) groups excluding carboxylic acids is 2. The first kappa shape index (κ1) is 21.7. The molecule has 3 heteroatoms. The van der Waals surface area contributed by atoms with Crippen molar-refractivity contribution < 1.29 is 9.59 Å². The van der Waals surface area contributed by atoms with E-state index in [1.165, 1.54) is 38.5 Å². The van der Waals surface area contributed by atoms with E-state index in [-0.39, 0.29) is 29.6 Å². The maximum atomic E-state index is 14.1. The Kier molecular flexibility index (Phi) is 5.91. The van der Waals surface area contributed by atoms with Gasteiger partial charge in [-0.3, -0.25) is 9.59 Å². The minimum Gasteiger partial charge on any atom is -0.339 e. The zero-order chi connectivity index (χ0) is 22.4. The van der Waals surface area contributed by atoms with E-state index in [0.29, 0.717) is 30.7 Å². The molecule has 1 aromatic carbocycles. The van der Waals surface area contributed by atoms with Crippen molar-refractivity contribution in [3.8, 4) is 12.3 Å². The van der Waals surface area contributed by atoms with Crippen molar-refractivity contribution in [3.05, 3.63) is 35.9 Å². The largest absolute Gasteiger partial charge is 0.339 e.